The lowest BCUT2D eigenvalue weighted by Gasteiger charge is -2.08. The van der Waals surface area contributed by atoms with Crippen LogP contribution in [0.5, 0.6) is 0 Å². The highest BCUT2D eigenvalue weighted by Crippen LogP contribution is 2.07. The Morgan fingerprint density at radius 1 is 1.08 bits per heavy atom. The molecule has 0 atom stereocenters. The van der Waals surface area contributed by atoms with Gasteiger partial charge in [0.1, 0.15) is 0 Å². The van der Waals surface area contributed by atoms with Crippen molar-refractivity contribution in [3.8, 4) is 0 Å². The third-order valence-electron chi connectivity index (χ3n) is 1.70. The van der Waals surface area contributed by atoms with Crippen molar-refractivity contribution in [2.24, 2.45) is 0 Å². The van der Waals surface area contributed by atoms with Crippen molar-refractivity contribution < 1.29 is 4.18 Å². The minimum absolute atomic E-state index is 1.14. The van der Waals surface area contributed by atoms with E-state index in [9.17, 15) is 0 Å². The zero-order valence-corrected chi connectivity index (χ0v) is 9.32. The molecule has 0 aromatic heterocycles. The molecular weight excluding hydrogens is 170 g/mol. The van der Waals surface area contributed by atoms with Crippen LogP contribution >= 0.6 is 12.0 Å². The maximum atomic E-state index is 4.90. The molecule has 0 aromatic carbocycles. The lowest BCUT2D eigenvalue weighted by atomic mass is 10.2. The second kappa shape index (κ2) is 9.36. The molecule has 2 nitrogen and oxygen atoms in total. The van der Waals surface area contributed by atoms with Crippen molar-refractivity contribution in [2.45, 2.75) is 25.7 Å². The molecule has 0 fully saturated rings. The van der Waals surface area contributed by atoms with E-state index in [1.54, 1.807) is 19.2 Å². The molecule has 3 heteroatoms. The average molecular weight is 191 g/mol. The van der Waals surface area contributed by atoms with Crippen molar-refractivity contribution in [3.05, 3.63) is 0 Å². The first-order valence-corrected chi connectivity index (χ1v) is 5.48. The van der Waals surface area contributed by atoms with Gasteiger partial charge < -0.3 is 9.08 Å². The summed E-state index contributed by atoms with van der Waals surface area (Å²) >= 11 is 1.56. The molecule has 0 aliphatic carbocycles. The van der Waals surface area contributed by atoms with Gasteiger partial charge >= 0.3 is 0 Å². The van der Waals surface area contributed by atoms with E-state index in [4.69, 9.17) is 4.18 Å². The highest BCUT2D eigenvalue weighted by Gasteiger charge is 1.92. The number of hydrogen-bond donors (Lipinski definition) is 0. The fraction of sp³-hybridized carbons (Fsp3) is 1.00. The number of unbranched alkanes of at least 4 members (excludes halogenated alkanes) is 3. The largest absolute Gasteiger partial charge is 0.319 e. The topological polar surface area (TPSA) is 12.5 Å². The summed E-state index contributed by atoms with van der Waals surface area (Å²) in [6.07, 6.45) is 5.29. The van der Waals surface area contributed by atoms with Crippen molar-refractivity contribution in [3.63, 3.8) is 0 Å². The van der Waals surface area contributed by atoms with Crippen LogP contribution in [-0.2, 0) is 4.18 Å². The monoisotopic (exact) mass is 191 g/mol. The number of nitrogens with zero attached hydrogens (tertiary/aromatic N) is 1. The van der Waals surface area contributed by atoms with Crippen molar-refractivity contribution >= 4 is 12.0 Å². The van der Waals surface area contributed by atoms with Crippen LogP contribution in [0.15, 0.2) is 0 Å². The van der Waals surface area contributed by atoms with Crippen molar-refractivity contribution in [1.82, 2.24) is 4.90 Å². The predicted octanol–water partition coefficient (Wildman–Crippen LogP) is 2.40. The van der Waals surface area contributed by atoms with Crippen molar-refractivity contribution in [2.75, 3.05) is 33.5 Å². The molecular formula is C9H21NOS. The van der Waals surface area contributed by atoms with Crippen LogP contribution < -0.4 is 0 Å². The molecule has 0 aliphatic rings. The summed E-state index contributed by atoms with van der Waals surface area (Å²) in [5.41, 5.74) is 0. The molecule has 0 unspecified atom stereocenters. The molecule has 0 rings (SSSR count). The Kier molecular flexibility index (Phi) is 9.57. The highest BCUT2D eigenvalue weighted by molar-refractivity contribution is 7.94. The Hall–Kier alpha value is 0.270. The lowest BCUT2D eigenvalue weighted by Crippen LogP contribution is -2.12. The van der Waals surface area contributed by atoms with Crippen LogP contribution in [0.3, 0.4) is 0 Å². The molecule has 0 radical (unpaired) electrons. The van der Waals surface area contributed by atoms with Gasteiger partial charge in [-0.25, -0.2) is 0 Å². The summed E-state index contributed by atoms with van der Waals surface area (Å²) in [5, 5.41) is 0. The van der Waals surface area contributed by atoms with Gasteiger partial charge in [0, 0.05) is 5.75 Å². The molecule has 74 valence electrons. The van der Waals surface area contributed by atoms with E-state index in [2.05, 4.69) is 19.0 Å². The summed E-state index contributed by atoms with van der Waals surface area (Å²) in [5.74, 6) is 1.14. The molecule has 0 N–H and O–H groups in total. The first-order valence-electron chi connectivity index (χ1n) is 4.57. The van der Waals surface area contributed by atoms with Gasteiger partial charge in [-0.05, 0) is 45.5 Å². The molecule has 0 heterocycles. The summed E-state index contributed by atoms with van der Waals surface area (Å²) in [6, 6.07) is 0. The van der Waals surface area contributed by atoms with Crippen LogP contribution in [0, 0.1) is 0 Å². The molecule has 0 aromatic rings. The Morgan fingerprint density at radius 3 is 2.33 bits per heavy atom. The molecule has 0 saturated carbocycles. The predicted molar refractivity (Wildman–Crippen MR) is 56.5 cm³/mol. The van der Waals surface area contributed by atoms with Crippen LogP contribution in [0.1, 0.15) is 25.7 Å². The van der Waals surface area contributed by atoms with E-state index in [1.807, 2.05) is 0 Å². The van der Waals surface area contributed by atoms with E-state index in [1.165, 1.54) is 32.2 Å². The molecule has 0 amide bonds. The van der Waals surface area contributed by atoms with E-state index in [0.717, 1.165) is 5.75 Å². The summed E-state index contributed by atoms with van der Waals surface area (Å²) in [6.45, 7) is 1.22. The molecule has 12 heavy (non-hydrogen) atoms. The van der Waals surface area contributed by atoms with Crippen molar-refractivity contribution in [1.29, 1.82) is 0 Å². The van der Waals surface area contributed by atoms with Gasteiger partial charge in [0.05, 0.1) is 7.11 Å². The Bertz CT molecular complexity index is 88.6. The van der Waals surface area contributed by atoms with Gasteiger partial charge in [0.2, 0.25) is 0 Å². The third kappa shape index (κ3) is 10.3. The molecule has 0 aliphatic heterocycles. The average Bonchev–Trinajstić information content (AvgIpc) is 2.02. The number of rotatable bonds is 8. The summed E-state index contributed by atoms with van der Waals surface area (Å²) in [7, 11) is 5.98. The Morgan fingerprint density at radius 2 is 1.75 bits per heavy atom. The van der Waals surface area contributed by atoms with E-state index in [-0.39, 0.29) is 0 Å². The fourth-order valence-electron chi connectivity index (χ4n) is 1.03. The van der Waals surface area contributed by atoms with Gasteiger partial charge in [-0.2, -0.15) is 0 Å². The van der Waals surface area contributed by atoms with Crippen LogP contribution in [0.4, 0.5) is 0 Å². The first kappa shape index (κ1) is 12.3. The molecule has 0 bridgehead atoms. The highest BCUT2D eigenvalue weighted by atomic mass is 32.2. The zero-order valence-electron chi connectivity index (χ0n) is 8.51. The second-order valence-corrected chi connectivity index (χ2v) is 4.18. The zero-order chi connectivity index (χ0) is 9.23. The SMILES string of the molecule is COSCCCCCCN(C)C. The van der Waals surface area contributed by atoms with Gasteiger partial charge in [0.15, 0.2) is 0 Å². The van der Waals surface area contributed by atoms with Gasteiger partial charge in [-0.1, -0.05) is 12.8 Å². The quantitative estimate of drug-likeness (QED) is 0.432. The van der Waals surface area contributed by atoms with Crippen LogP contribution in [0.2, 0.25) is 0 Å². The standard InChI is InChI=1S/C9H21NOS/c1-10(2)8-6-4-5-7-9-12-11-3/h4-9H2,1-3H3. The van der Waals surface area contributed by atoms with Crippen LogP contribution in [0.25, 0.3) is 0 Å². The first-order chi connectivity index (χ1) is 5.77. The van der Waals surface area contributed by atoms with Crippen LogP contribution in [-0.4, -0.2) is 38.4 Å². The number of hydrogen-bond acceptors (Lipinski definition) is 3. The van der Waals surface area contributed by atoms with Gasteiger partial charge in [-0.15, -0.1) is 0 Å². The Labute approximate surface area is 80.9 Å². The summed E-state index contributed by atoms with van der Waals surface area (Å²) in [4.78, 5) is 2.24. The fourth-order valence-corrected chi connectivity index (χ4v) is 1.51. The van der Waals surface area contributed by atoms with Gasteiger partial charge in [0.25, 0.3) is 0 Å². The van der Waals surface area contributed by atoms with Gasteiger partial charge in [-0.3, -0.25) is 0 Å². The minimum atomic E-state index is 1.14. The minimum Gasteiger partial charge on any atom is -0.319 e. The summed E-state index contributed by atoms with van der Waals surface area (Å²) < 4.78 is 4.90. The smallest absolute Gasteiger partial charge is 0.0503 e. The third-order valence-corrected chi connectivity index (χ3v) is 2.39. The lowest BCUT2D eigenvalue weighted by molar-refractivity contribution is 0.391. The Balaban J connectivity index is 2.82. The van der Waals surface area contributed by atoms with E-state index < -0.39 is 0 Å². The van der Waals surface area contributed by atoms with E-state index in [0.29, 0.717) is 0 Å². The molecule has 0 spiro atoms. The maximum Gasteiger partial charge on any atom is 0.0503 e. The van der Waals surface area contributed by atoms with E-state index >= 15 is 0 Å². The normalized spacial score (nSPS) is 11.0. The molecule has 0 saturated heterocycles. The maximum absolute atomic E-state index is 4.90. The second-order valence-electron chi connectivity index (χ2n) is 3.21.